The number of hydrogen-bond donors (Lipinski definition) is 2. The van der Waals surface area contributed by atoms with Crippen molar-refractivity contribution in [2.75, 3.05) is 20.2 Å². The van der Waals surface area contributed by atoms with E-state index < -0.39 is 0 Å². The number of ether oxygens (including phenoxy) is 1. The van der Waals surface area contributed by atoms with Crippen molar-refractivity contribution in [1.82, 2.24) is 20.2 Å². The Morgan fingerprint density at radius 1 is 1.26 bits per heavy atom. The van der Waals surface area contributed by atoms with E-state index in [1.807, 2.05) is 12.5 Å². The summed E-state index contributed by atoms with van der Waals surface area (Å²) in [5, 5.41) is 6.71. The lowest BCUT2D eigenvalue weighted by molar-refractivity contribution is 0.0205. The predicted octanol–water partition coefficient (Wildman–Crippen LogP) is 3.05. The second-order valence-corrected chi connectivity index (χ2v) is 7.72. The van der Waals surface area contributed by atoms with Crippen LogP contribution in [0.1, 0.15) is 38.8 Å². The summed E-state index contributed by atoms with van der Waals surface area (Å²) in [4.78, 5) is 8.82. The van der Waals surface area contributed by atoms with E-state index >= 15 is 0 Å². The molecule has 27 heavy (non-hydrogen) atoms. The standard InChI is InChI=1S/C21H33N5O/c1-6-23-20(25-14-19(27-5)21(2,3)4)24-13-17-8-7-9-18(12-17)15-26-11-10-22-16-26/h7-12,16,19H,6,13-15H2,1-5H3,(H2,23,24,25). The van der Waals surface area contributed by atoms with E-state index in [0.717, 1.165) is 19.0 Å². The highest BCUT2D eigenvalue weighted by Gasteiger charge is 2.24. The molecule has 0 fully saturated rings. The Hall–Kier alpha value is -2.34. The SMILES string of the molecule is CCNC(=NCc1cccc(Cn2ccnc2)c1)NCC(OC)C(C)(C)C. The van der Waals surface area contributed by atoms with Crippen LogP contribution in [0.5, 0.6) is 0 Å². The normalized spacial score (nSPS) is 13.4. The maximum Gasteiger partial charge on any atom is 0.191 e. The van der Waals surface area contributed by atoms with Gasteiger partial charge < -0.3 is 19.9 Å². The highest BCUT2D eigenvalue weighted by atomic mass is 16.5. The Morgan fingerprint density at radius 3 is 2.67 bits per heavy atom. The predicted molar refractivity (Wildman–Crippen MR) is 111 cm³/mol. The average Bonchev–Trinajstić information content (AvgIpc) is 3.12. The Balaban J connectivity index is 1.99. The van der Waals surface area contributed by atoms with Gasteiger partial charge >= 0.3 is 0 Å². The van der Waals surface area contributed by atoms with Gasteiger partial charge in [0.2, 0.25) is 0 Å². The van der Waals surface area contributed by atoms with Crippen molar-refractivity contribution >= 4 is 5.96 Å². The van der Waals surface area contributed by atoms with Gasteiger partial charge in [0, 0.05) is 39.1 Å². The van der Waals surface area contributed by atoms with Gasteiger partial charge in [0.15, 0.2) is 5.96 Å². The van der Waals surface area contributed by atoms with Crippen molar-refractivity contribution < 1.29 is 4.74 Å². The minimum absolute atomic E-state index is 0.0702. The Kier molecular flexibility index (Phi) is 7.85. The summed E-state index contributed by atoms with van der Waals surface area (Å²) < 4.78 is 7.68. The molecule has 6 heteroatoms. The fraction of sp³-hybridized carbons (Fsp3) is 0.524. The number of nitrogens with zero attached hydrogens (tertiary/aromatic N) is 3. The van der Waals surface area contributed by atoms with Crippen LogP contribution in [-0.2, 0) is 17.8 Å². The zero-order chi connectivity index (χ0) is 19.7. The number of imidazole rings is 1. The van der Waals surface area contributed by atoms with Crippen LogP contribution in [0, 0.1) is 5.41 Å². The Bertz CT molecular complexity index is 704. The van der Waals surface area contributed by atoms with Crippen molar-refractivity contribution in [3.8, 4) is 0 Å². The summed E-state index contributed by atoms with van der Waals surface area (Å²) in [7, 11) is 1.76. The number of hydrogen-bond acceptors (Lipinski definition) is 3. The van der Waals surface area contributed by atoms with E-state index in [1.165, 1.54) is 11.1 Å². The maximum absolute atomic E-state index is 5.62. The highest BCUT2D eigenvalue weighted by molar-refractivity contribution is 5.79. The number of aliphatic imine (C=N–C) groups is 1. The molecule has 0 aliphatic rings. The lowest BCUT2D eigenvalue weighted by atomic mass is 9.89. The molecule has 2 rings (SSSR count). The van der Waals surface area contributed by atoms with Gasteiger partial charge in [-0.2, -0.15) is 0 Å². The molecule has 1 aromatic heterocycles. The molecule has 1 heterocycles. The van der Waals surface area contributed by atoms with Gasteiger partial charge in [-0.1, -0.05) is 45.0 Å². The molecular formula is C21H33N5O. The number of nitrogens with one attached hydrogen (secondary N) is 2. The zero-order valence-corrected chi connectivity index (χ0v) is 17.2. The first-order valence-corrected chi connectivity index (χ1v) is 9.51. The number of aromatic nitrogens is 2. The first kappa shape index (κ1) is 21.0. The number of benzene rings is 1. The van der Waals surface area contributed by atoms with Crippen molar-refractivity contribution in [3.05, 3.63) is 54.1 Å². The van der Waals surface area contributed by atoms with Crippen molar-refractivity contribution in [2.24, 2.45) is 10.4 Å². The molecule has 0 amide bonds. The molecule has 2 aromatic rings. The summed E-state index contributed by atoms with van der Waals surface area (Å²) in [6.07, 6.45) is 5.71. The van der Waals surface area contributed by atoms with Gasteiger partial charge in [0.1, 0.15) is 0 Å². The largest absolute Gasteiger partial charge is 0.379 e. The topological polar surface area (TPSA) is 63.5 Å². The average molecular weight is 372 g/mol. The van der Waals surface area contributed by atoms with Gasteiger partial charge in [-0.15, -0.1) is 0 Å². The smallest absolute Gasteiger partial charge is 0.191 e. The molecule has 0 radical (unpaired) electrons. The van der Waals surface area contributed by atoms with Crippen LogP contribution in [-0.4, -0.2) is 41.8 Å². The number of rotatable bonds is 8. The number of guanidine groups is 1. The third-order valence-corrected chi connectivity index (χ3v) is 4.39. The highest BCUT2D eigenvalue weighted by Crippen LogP contribution is 2.20. The van der Waals surface area contributed by atoms with Gasteiger partial charge in [-0.25, -0.2) is 9.98 Å². The Morgan fingerprint density at radius 2 is 2.04 bits per heavy atom. The van der Waals surface area contributed by atoms with Gasteiger partial charge in [0.25, 0.3) is 0 Å². The van der Waals surface area contributed by atoms with Crippen LogP contribution in [0.15, 0.2) is 48.0 Å². The molecule has 6 nitrogen and oxygen atoms in total. The third kappa shape index (κ3) is 7.06. The van der Waals surface area contributed by atoms with Gasteiger partial charge in [0.05, 0.1) is 19.0 Å². The second kappa shape index (κ2) is 10.1. The minimum atomic E-state index is 0.0702. The second-order valence-electron chi connectivity index (χ2n) is 7.72. The van der Waals surface area contributed by atoms with Crippen LogP contribution in [0.2, 0.25) is 0 Å². The summed E-state index contributed by atoms with van der Waals surface area (Å²) in [6, 6.07) is 8.51. The monoisotopic (exact) mass is 371 g/mol. The van der Waals surface area contributed by atoms with Gasteiger partial charge in [-0.3, -0.25) is 0 Å². The molecule has 0 saturated heterocycles. The summed E-state index contributed by atoms with van der Waals surface area (Å²) in [6.45, 7) is 11.6. The first-order chi connectivity index (χ1) is 12.9. The van der Waals surface area contributed by atoms with Crippen molar-refractivity contribution in [3.63, 3.8) is 0 Å². The van der Waals surface area contributed by atoms with E-state index in [2.05, 4.69) is 72.1 Å². The molecule has 0 aliphatic heterocycles. The summed E-state index contributed by atoms with van der Waals surface area (Å²) in [5.41, 5.74) is 2.50. The minimum Gasteiger partial charge on any atom is -0.379 e. The molecule has 0 spiro atoms. The molecule has 0 bridgehead atoms. The maximum atomic E-state index is 5.62. The van der Waals surface area contributed by atoms with E-state index in [4.69, 9.17) is 9.73 Å². The van der Waals surface area contributed by atoms with Crippen molar-refractivity contribution in [2.45, 2.75) is 46.9 Å². The summed E-state index contributed by atoms with van der Waals surface area (Å²) >= 11 is 0. The third-order valence-electron chi connectivity index (χ3n) is 4.39. The summed E-state index contributed by atoms with van der Waals surface area (Å²) in [5.74, 6) is 0.809. The van der Waals surface area contributed by atoms with E-state index in [9.17, 15) is 0 Å². The lowest BCUT2D eigenvalue weighted by Crippen LogP contribution is -2.45. The molecule has 148 valence electrons. The molecule has 2 N–H and O–H groups in total. The molecular weight excluding hydrogens is 338 g/mol. The molecule has 0 saturated carbocycles. The first-order valence-electron chi connectivity index (χ1n) is 9.51. The van der Waals surface area contributed by atoms with E-state index in [1.54, 1.807) is 13.3 Å². The Labute approximate surface area is 163 Å². The lowest BCUT2D eigenvalue weighted by Gasteiger charge is -2.30. The fourth-order valence-corrected chi connectivity index (χ4v) is 2.86. The zero-order valence-electron chi connectivity index (χ0n) is 17.2. The molecule has 1 unspecified atom stereocenters. The fourth-order valence-electron chi connectivity index (χ4n) is 2.86. The van der Waals surface area contributed by atoms with Crippen LogP contribution in [0.4, 0.5) is 0 Å². The van der Waals surface area contributed by atoms with Crippen LogP contribution in [0.25, 0.3) is 0 Å². The van der Waals surface area contributed by atoms with E-state index in [0.29, 0.717) is 13.1 Å². The van der Waals surface area contributed by atoms with Crippen LogP contribution >= 0.6 is 0 Å². The number of methoxy groups -OCH3 is 1. The van der Waals surface area contributed by atoms with Crippen LogP contribution < -0.4 is 10.6 Å². The van der Waals surface area contributed by atoms with Crippen LogP contribution in [0.3, 0.4) is 0 Å². The van der Waals surface area contributed by atoms with E-state index in [-0.39, 0.29) is 11.5 Å². The molecule has 1 atom stereocenters. The van der Waals surface area contributed by atoms with Gasteiger partial charge in [-0.05, 0) is 23.5 Å². The molecule has 1 aromatic carbocycles. The quantitative estimate of drug-likeness (QED) is 0.553. The van der Waals surface area contributed by atoms with Crippen molar-refractivity contribution in [1.29, 1.82) is 0 Å². The molecule has 0 aliphatic carbocycles.